The first kappa shape index (κ1) is 15.6. The highest BCUT2D eigenvalue weighted by atomic mass is 16.6. The van der Waals surface area contributed by atoms with Crippen molar-refractivity contribution in [3.63, 3.8) is 0 Å². The number of anilines is 1. The second kappa shape index (κ2) is 6.33. The monoisotopic (exact) mass is 300 g/mol. The Balaban J connectivity index is 2.14. The quantitative estimate of drug-likeness (QED) is 0.344. The smallest absolute Gasteiger partial charge is 0.271 e. The first-order valence-corrected chi connectivity index (χ1v) is 6.25. The highest BCUT2D eigenvalue weighted by molar-refractivity contribution is 5.51. The molecule has 9 heteroatoms. The van der Waals surface area contributed by atoms with Gasteiger partial charge in [0.15, 0.2) is 6.23 Å². The maximum absolute atomic E-state index is 10.7. The van der Waals surface area contributed by atoms with E-state index in [9.17, 15) is 25.4 Å². The third kappa shape index (κ3) is 3.28. The van der Waals surface area contributed by atoms with E-state index in [-0.39, 0.29) is 5.69 Å². The number of nitro groups is 1. The summed E-state index contributed by atoms with van der Waals surface area (Å²) in [4.78, 5) is 10.1. The van der Waals surface area contributed by atoms with E-state index in [1.807, 2.05) is 0 Å². The van der Waals surface area contributed by atoms with Gasteiger partial charge in [-0.2, -0.15) is 0 Å². The third-order valence-corrected chi connectivity index (χ3v) is 3.26. The van der Waals surface area contributed by atoms with Crippen molar-refractivity contribution in [2.24, 2.45) is 0 Å². The summed E-state index contributed by atoms with van der Waals surface area (Å²) in [6.45, 7) is -0.544. The van der Waals surface area contributed by atoms with Crippen LogP contribution < -0.4 is 5.32 Å². The molecule has 0 saturated carbocycles. The van der Waals surface area contributed by atoms with Crippen LogP contribution in [0.1, 0.15) is 0 Å². The van der Waals surface area contributed by atoms with Crippen molar-refractivity contribution < 1.29 is 30.1 Å². The minimum absolute atomic E-state index is 0.149. The topological polar surface area (TPSA) is 145 Å². The van der Waals surface area contributed by atoms with Gasteiger partial charge in [-0.05, 0) is 6.07 Å². The molecule has 1 aliphatic heterocycles. The molecule has 0 aliphatic carbocycles. The molecule has 1 aliphatic rings. The van der Waals surface area contributed by atoms with Crippen molar-refractivity contribution in [1.29, 1.82) is 0 Å². The van der Waals surface area contributed by atoms with Crippen LogP contribution in [0.3, 0.4) is 0 Å². The fourth-order valence-corrected chi connectivity index (χ4v) is 2.09. The second-order valence-corrected chi connectivity index (χ2v) is 4.70. The lowest BCUT2D eigenvalue weighted by Gasteiger charge is -2.40. The predicted octanol–water partition coefficient (Wildman–Crippen LogP) is -1.19. The largest absolute Gasteiger partial charge is 0.394 e. The summed E-state index contributed by atoms with van der Waals surface area (Å²) >= 11 is 0. The van der Waals surface area contributed by atoms with Crippen molar-refractivity contribution >= 4 is 11.4 Å². The summed E-state index contributed by atoms with van der Waals surface area (Å²) < 4.78 is 5.24. The highest BCUT2D eigenvalue weighted by Gasteiger charge is 2.43. The molecule has 21 heavy (non-hydrogen) atoms. The summed E-state index contributed by atoms with van der Waals surface area (Å²) in [5, 5.41) is 51.6. The number of hydrogen-bond donors (Lipinski definition) is 5. The van der Waals surface area contributed by atoms with Crippen LogP contribution in [0.2, 0.25) is 0 Å². The molecule has 0 radical (unpaired) electrons. The Kier molecular flexibility index (Phi) is 4.70. The van der Waals surface area contributed by atoms with Gasteiger partial charge in [0.1, 0.15) is 24.4 Å². The molecule has 0 aromatic heterocycles. The van der Waals surface area contributed by atoms with Crippen molar-refractivity contribution in [1.82, 2.24) is 0 Å². The number of nitro benzene ring substituents is 1. The third-order valence-electron chi connectivity index (χ3n) is 3.26. The maximum atomic E-state index is 10.7. The fourth-order valence-electron chi connectivity index (χ4n) is 2.09. The minimum Gasteiger partial charge on any atom is -0.394 e. The molecule has 9 nitrogen and oxygen atoms in total. The second-order valence-electron chi connectivity index (χ2n) is 4.70. The Morgan fingerprint density at radius 2 is 1.95 bits per heavy atom. The molecule has 0 bridgehead atoms. The summed E-state index contributed by atoms with van der Waals surface area (Å²) in [5.74, 6) is 0. The number of rotatable bonds is 4. The Morgan fingerprint density at radius 1 is 1.24 bits per heavy atom. The molecule has 0 spiro atoms. The molecular formula is C12H16N2O7. The molecule has 1 fully saturated rings. The van der Waals surface area contributed by atoms with Crippen LogP contribution in [0.15, 0.2) is 24.3 Å². The van der Waals surface area contributed by atoms with E-state index >= 15 is 0 Å². The van der Waals surface area contributed by atoms with Crippen LogP contribution in [-0.2, 0) is 4.74 Å². The van der Waals surface area contributed by atoms with Gasteiger partial charge >= 0.3 is 0 Å². The van der Waals surface area contributed by atoms with Crippen molar-refractivity contribution in [2.45, 2.75) is 30.6 Å². The Bertz CT molecular complexity index is 510. The fraction of sp³-hybridized carbons (Fsp3) is 0.500. The first-order chi connectivity index (χ1) is 9.93. The number of benzene rings is 1. The highest BCUT2D eigenvalue weighted by Crippen LogP contribution is 2.24. The van der Waals surface area contributed by atoms with E-state index in [0.29, 0.717) is 5.69 Å². The number of nitrogens with one attached hydrogen (secondary N) is 1. The van der Waals surface area contributed by atoms with E-state index < -0.39 is 42.2 Å². The average molecular weight is 300 g/mol. The number of aliphatic hydroxyl groups excluding tert-OH is 4. The molecule has 1 heterocycles. The zero-order chi connectivity index (χ0) is 15.6. The number of nitrogens with zero attached hydrogens (tertiary/aromatic N) is 1. The normalized spacial score (nSPS) is 32.7. The van der Waals surface area contributed by atoms with Gasteiger partial charge in [0.25, 0.3) is 5.69 Å². The van der Waals surface area contributed by atoms with Crippen LogP contribution >= 0.6 is 0 Å². The van der Waals surface area contributed by atoms with Crippen molar-refractivity contribution in [3.8, 4) is 0 Å². The van der Waals surface area contributed by atoms with E-state index in [0.717, 1.165) is 0 Å². The zero-order valence-electron chi connectivity index (χ0n) is 10.9. The van der Waals surface area contributed by atoms with Gasteiger partial charge in [-0.25, -0.2) is 0 Å². The number of aliphatic hydroxyl groups is 4. The minimum atomic E-state index is -1.51. The summed E-state index contributed by atoms with van der Waals surface area (Å²) in [6.07, 6.45) is -6.58. The van der Waals surface area contributed by atoms with Gasteiger partial charge in [-0.3, -0.25) is 10.1 Å². The lowest BCUT2D eigenvalue weighted by Crippen LogP contribution is -2.60. The summed E-state index contributed by atoms with van der Waals surface area (Å²) in [6, 6.07) is 5.51. The SMILES string of the molecule is O=[N+]([O-])c1cccc(N[C@H]2O[C@@H](CO)[C@@H](O)[C@@H](O)[C@@H]2O)c1. The van der Waals surface area contributed by atoms with Crippen molar-refractivity contribution in [2.75, 3.05) is 11.9 Å². The molecule has 5 N–H and O–H groups in total. The first-order valence-electron chi connectivity index (χ1n) is 6.25. The Hall–Kier alpha value is -1.78. The molecule has 1 aromatic carbocycles. The summed E-state index contributed by atoms with van der Waals surface area (Å²) in [7, 11) is 0. The van der Waals surface area contributed by atoms with Gasteiger partial charge < -0.3 is 30.5 Å². The van der Waals surface area contributed by atoms with Crippen LogP contribution in [0.5, 0.6) is 0 Å². The van der Waals surface area contributed by atoms with Crippen molar-refractivity contribution in [3.05, 3.63) is 34.4 Å². The van der Waals surface area contributed by atoms with Crippen LogP contribution in [0, 0.1) is 10.1 Å². The van der Waals surface area contributed by atoms with Gasteiger partial charge in [0.2, 0.25) is 0 Å². The van der Waals surface area contributed by atoms with Gasteiger partial charge in [-0.1, -0.05) is 6.07 Å². The van der Waals surface area contributed by atoms with Crippen LogP contribution in [-0.4, -0.2) is 62.6 Å². The molecular weight excluding hydrogens is 284 g/mol. The molecule has 0 unspecified atom stereocenters. The number of ether oxygens (including phenoxy) is 1. The molecule has 0 amide bonds. The maximum Gasteiger partial charge on any atom is 0.271 e. The van der Waals surface area contributed by atoms with Crippen LogP contribution in [0.25, 0.3) is 0 Å². The number of non-ortho nitro benzene ring substituents is 1. The summed E-state index contributed by atoms with van der Waals surface area (Å²) in [5.41, 5.74) is 0.151. The zero-order valence-corrected chi connectivity index (χ0v) is 10.9. The lowest BCUT2D eigenvalue weighted by molar-refractivity contribution is -0.384. The van der Waals surface area contributed by atoms with E-state index in [2.05, 4.69) is 5.32 Å². The van der Waals surface area contributed by atoms with Crippen LogP contribution in [0.4, 0.5) is 11.4 Å². The Morgan fingerprint density at radius 3 is 2.57 bits per heavy atom. The standard InChI is InChI=1S/C12H16N2O7/c15-5-8-9(16)10(17)11(18)12(21-8)13-6-2-1-3-7(4-6)14(19)20/h1-4,8-13,15-18H,5H2/t8-,9+,10+,11-,12-/m0/s1. The molecule has 5 atom stereocenters. The van der Waals surface area contributed by atoms with Gasteiger partial charge in [0, 0.05) is 17.8 Å². The van der Waals surface area contributed by atoms with Gasteiger partial charge in [0.05, 0.1) is 11.5 Å². The molecule has 1 saturated heterocycles. The van der Waals surface area contributed by atoms with E-state index in [4.69, 9.17) is 9.84 Å². The Labute approximate surface area is 119 Å². The number of hydrogen-bond acceptors (Lipinski definition) is 8. The molecule has 1 aromatic rings. The lowest BCUT2D eigenvalue weighted by atomic mass is 9.98. The van der Waals surface area contributed by atoms with E-state index in [1.165, 1.54) is 24.3 Å². The molecule has 2 rings (SSSR count). The molecule has 116 valence electrons. The predicted molar refractivity (Wildman–Crippen MR) is 70.5 cm³/mol. The van der Waals surface area contributed by atoms with E-state index in [1.54, 1.807) is 0 Å². The van der Waals surface area contributed by atoms with Gasteiger partial charge in [-0.15, -0.1) is 0 Å². The average Bonchev–Trinajstić information content (AvgIpc) is 2.48.